The summed E-state index contributed by atoms with van der Waals surface area (Å²) in [7, 11) is 0. The lowest BCUT2D eigenvalue weighted by atomic mass is 10.1. The van der Waals surface area contributed by atoms with Crippen molar-refractivity contribution in [2.24, 2.45) is 0 Å². The van der Waals surface area contributed by atoms with E-state index in [1.165, 1.54) is 36.0 Å². The second kappa shape index (κ2) is 9.31. The number of nitrogens with zero attached hydrogens (tertiary/aromatic N) is 4. The molecule has 32 heavy (non-hydrogen) atoms. The molecule has 4 aromatic rings. The van der Waals surface area contributed by atoms with Gasteiger partial charge in [-0.1, -0.05) is 30.0 Å². The molecule has 0 spiro atoms. The number of nitrogens with one attached hydrogen (secondary N) is 1. The number of rotatable bonds is 7. The number of benzene rings is 2. The van der Waals surface area contributed by atoms with Crippen LogP contribution in [0.1, 0.15) is 27.3 Å². The number of aryl methyl sites for hydroxylation is 2. The summed E-state index contributed by atoms with van der Waals surface area (Å²) in [6.45, 7) is 0.949. The van der Waals surface area contributed by atoms with Gasteiger partial charge >= 0.3 is 6.61 Å². The number of thioether (sulfide) groups is 1. The smallest absolute Gasteiger partial charge is 0.387 e. The standard InChI is InChI=1S/C22H19F2N5O2S/c1-13-11-14(2)29-21(25-13)27-22(28-29)32-12-15-5-3-4-6-18(15)19(30)26-16-7-9-17(10-8-16)31-20(23)24/h3-11,20H,12H2,1-2H3,(H,26,30). The van der Waals surface area contributed by atoms with Crippen LogP contribution in [0.5, 0.6) is 5.75 Å². The molecule has 4 rings (SSSR count). The molecule has 0 aliphatic heterocycles. The molecular formula is C22H19F2N5O2S. The summed E-state index contributed by atoms with van der Waals surface area (Å²) in [5.41, 5.74) is 3.60. The lowest BCUT2D eigenvalue weighted by Gasteiger charge is -2.10. The van der Waals surface area contributed by atoms with Gasteiger partial charge < -0.3 is 10.1 Å². The van der Waals surface area contributed by atoms with Crippen LogP contribution in [0, 0.1) is 13.8 Å². The van der Waals surface area contributed by atoms with Crippen LogP contribution >= 0.6 is 11.8 Å². The molecule has 0 unspecified atom stereocenters. The lowest BCUT2D eigenvalue weighted by molar-refractivity contribution is -0.0498. The summed E-state index contributed by atoms with van der Waals surface area (Å²) in [5.74, 6) is 0.740. The number of hydrogen-bond donors (Lipinski definition) is 1. The topological polar surface area (TPSA) is 81.4 Å². The molecule has 0 bridgehead atoms. The summed E-state index contributed by atoms with van der Waals surface area (Å²) >= 11 is 1.41. The molecule has 0 fully saturated rings. The normalized spacial score (nSPS) is 11.2. The van der Waals surface area contributed by atoms with Gasteiger partial charge in [0, 0.05) is 28.4 Å². The summed E-state index contributed by atoms with van der Waals surface area (Å²) in [6.07, 6.45) is 0. The number of aromatic nitrogens is 4. The van der Waals surface area contributed by atoms with Gasteiger partial charge in [-0.2, -0.15) is 13.8 Å². The zero-order chi connectivity index (χ0) is 22.7. The molecule has 2 aromatic carbocycles. The van der Waals surface area contributed by atoms with Crippen LogP contribution in [0.3, 0.4) is 0 Å². The molecule has 2 heterocycles. The Balaban J connectivity index is 1.46. The number of carbonyl (C=O) groups is 1. The van der Waals surface area contributed by atoms with Crippen molar-refractivity contribution in [2.75, 3.05) is 5.32 Å². The second-order valence-electron chi connectivity index (χ2n) is 6.95. The number of hydrogen-bond acceptors (Lipinski definition) is 6. The van der Waals surface area contributed by atoms with Gasteiger partial charge in [0.1, 0.15) is 5.75 Å². The van der Waals surface area contributed by atoms with Gasteiger partial charge in [-0.15, -0.1) is 5.10 Å². The molecule has 0 radical (unpaired) electrons. The van der Waals surface area contributed by atoms with E-state index in [0.29, 0.717) is 27.9 Å². The molecule has 0 aliphatic carbocycles. The summed E-state index contributed by atoms with van der Waals surface area (Å²) < 4.78 is 30.6. The van der Waals surface area contributed by atoms with Crippen molar-refractivity contribution in [3.05, 3.63) is 77.1 Å². The van der Waals surface area contributed by atoms with Gasteiger partial charge in [-0.25, -0.2) is 9.50 Å². The first-order valence-corrected chi connectivity index (χ1v) is 10.7. The van der Waals surface area contributed by atoms with Crippen LogP contribution in [0.4, 0.5) is 14.5 Å². The number of anilines is 1. The van der Waals surface area contributed by atoms with Gasteiger partial charge in [0.05, 0.1) is 0 Å². The Kier molecular flexibility index (Phi) is 6.31. The average molecular weight is 455 g/mol. The van der Waals surface area contributed by atoms with E-state index in [-0.39, 0.29) is 11.7 Å². The first kappa shape index (κ1) is 21.7. The van der Waals surface area contributed by atoms with E-state index in [9.17, 15) is 13.6 Å². The Morgan fingerprint density at radius 3 is 2.62 bits per heavy atom. The third-order valence-electron chi connectivity index (χ3n) is 4.55. The zero-order valence-electron chi connectivity index (χ0n) is 17.3. The first-order chi connectivity index (χ1) is 15.4. The SMILES string of the molecule is Cc1cc(C)n2nc(SCc3ccccc3C(=O)Nc3ccc(OC(F)F)cc3)nc2n1. The highest BCUT2D eigenvalue weighted by molar-refractivity contribution is 7.98. The van der Waals surface area contributed by atoms with E-state index in [0.717, 1.165) is 17.0 Å². The molecule has 7 nitrogen and oxygen atoms in total. The fourth-order valence-electron chi connectivity index (χ4n) is 3.14. The molecule has 2 aromatic heterocycles. The fraction of sp³-hybridized carbons (Fsp3) is 0.182. The van der Waals surface area contributed by atoms with Gasteiger partial charge in [0.2, 0.25) is 5.16 Å². The second-order valence-corrected chi connectivity index (χ2v) is 7.89. The van der Waals surface area contributed by atoms with E-state index in [1.54, 1.807) is 16.6 Å². The van der Waals surface area contributed by atoms with Gasteiger partial charge in [-0.05, 0) is 55.8 Å². The predicted octanol–water partition coefficient (Wildman–Crippen LogP) is 4.89. The minimum atomic E-state index is -2.90. The average Bonchev–Trinajstić information content (AvgIpc) is 3.17. The van der Waals surface area contributed by atoms with Crippen LogP contribution < -0.4 is 10.1 Å². The van der Waals surface area contributed by atoms with Crippen molar-refractivity contribution >= 4 is 29.1 Å². The quantitative estimate of drug-likeness (QED) is 0.400. The van der Waals surface area contributed by atoms with Crippen LogP contribution in [0.25, 0.3) is 5.78 Å². The minimum Gasteiger partial charge on any atom is -0.435 e. The van der Waals surface area contributed by atoms with E-state index in [2.05, 4.69) is 25.1 Å². The molecule has 164 valence electrons. The van der Waals surface area contributed by atoms with Crippen LogP contribution in [0.15, 0.2) is 59.8 Å². The highest BCUT2D eigenvalue weighted by atomic mass is 32.2. The molecule has 0 saturated heterocycles. The Morgan fingerprint density at radius 1 is 1.12 bits per heavy atom. The molecule has 0 aliphatic rings. The van der Waals surface area contributed by atoms with E-state index in [4.69, 9.17) is 0 Å². The molecule has 1 amide bonds. The van der Waals surface area contributed by atoms with Crippen LogP contribution in [-0.4, -0.2) is 32.1 Å². The minimum absolute atomic E-state index is 0.0228. The predicted molar refractivity (Wildman–Crippen MR) is 117 cm³/mol. The van der Waals surface area contributed by atoms with Crippen molar-refractivity contribution < 1.29 is 18.3 Å². The Labute approximate surface area is 186 Å². The fourth-order valence-corrected chi connectivity index (χ4v) is 3.96. The summed E-state index contributed by atoms with van der Waals surface area (Å²) in [4.78, 5) is 21.7. The highest BCUT2D eigenvalue weighted by Crippen LogP contribution is 2.24. The van der Waals surface area contributed by atoms with E-state index in [1.807, 2.05) is 32.0 Å². The zero-order valence-corrected chi connectivity index (χ0v) is 18.1. The molecule has 0 atom stereocenters. The largest absolute Gasteiger partial charge is 0.435 e. The van der Waals surface area contributed by atoms with Crippen molar-refractivity contribution in [1.82, 2.24) is 19.6 Å². The Morgan fingerprint density at radius 2 is 1.88 bits per heavy atom. The maximum Gasteiger partial charge on any atom is 0.387 e. The lowest BCUT2D eigenvalue weighted by Crippen LogP contribution is -2.14. The third-order valence-corrected chi connectivity index (χ3v) is 5.44. The number of halogens is 2. The maximum absolute atomic E-state index is 12.8. The number of amides is 1. The highest BCUT2D eigenvalue weighted by Gasteiger charge is 2.14. The van der Waals surface area contributed by atoms with Crippen molar-refractivity contribution in [3.63, 3.8) is 0 Å². The van der Waals surface area contributed by atoms with Crippen molar-refractivity contribution in [2.45, 2.75) is 31.4 Å². The monoisotopic (exact) mass is 455 g/mol. The van der Waals surface area contributed by atoms with E-state index >= 15 is 0 Å². The summed E-state index contributed by atoms with van der Waals surface area (Å²) in [6, 6.07) is 14.9. The van der Waals surface area contributed by atoms with Crippen molar-refractivity contribution in [3.8, 4) is 5.75 Å². The van der Waals surface area contributed by atoms with Crippen LogP contribution in [-0.2, 0) is 5.75 Å². The Hall–Kier alpha value is -3.53. The molecule has 10 heteroatoms. The van der Waals surface area contributed by atoms with Crippen molar-refractivity contribution in [1.29, 1.82) is 0 Å². The number of fused-ring (bicyclic) bond motifs is 1. The molecule has 1 N–H and O–H groups in total. The molecular weight excluding hydrogens is 436 g/mol. The van der Waals surface area contributed by atoms with E-state index < -0.39 is 6.61 Å². The van der Waals surface area contributed by atoms with Gasteiger partial charge in [0.25, 0.3) is 11.7 Å². The summed E-state index contributed by atoms with van der Waals surface area (Å²) in [5, 5.41) is 7.82. The maximum atomic E-state index is 12.8. The molecule has 0 saturated carbocycles. The number of alkyl halides is 2. The Bertz CT molecular complexity index is 1260. The third kappa shape index (κ3) is 5.02. The number of ether oxygens (including phenoxy) is 1. The first-order valence-electron chi connectivity index (χ1n) is 9.67. The van der Waals surface area contributed by atoms with Crippen LogP contribution in [0.2, 0.25) is 0 Å². The van der Waals surface area contributed by atoms with Gasteiger partial charge in [0.15, 0.2) is 0 Å². The number of carbonyl (C=O) groups excluding carboxylic acids is 1. The van der Waals surface area contributed by atoms with Gasteiger partial charge in [-0.3, -0.25) is 4.79 Å².